The maximum absolute atomic E-state index is 10.8. The summed E-state index contributed by atoms with van der Waals surface area (Å²) in [6.45, 7) is 1.83. The predicted molar refractivity (Wildman–Crippen MR) is 53.5 cm³/mol. The molecule has 1 aromatic carbocycles. The van der Waals surface area contributed by atoms with E-state index in [1.54, 1.807) is 6.07 Å². The number of terminal acetylenes is 1. The molecule has 1 N–H and O–H groups in total. The Morgan fingerprint density at radius 3 is 2.64 bits per heavy atom. The van der Waals surface area contributed by atoms with Gasteiger partial charge in [-0.25, -0.2) is 0 Å². The third-order valence-corrected chi connectivity index (χ3v) is 2.76. The zero-order valence-corrected chi connectivity index (χ0v) is 8.50. The lowest BCUT2D eigenvalue weighted by Crippen LogP contribution is -2.00. The van der Waals surface area contributed by atoms with Gasteiger partial charge in [-0.05, 0) is 30.2 Å². The highest BCUT2D eigenvalue weighted by molar-refractivity contribution is 7.85. The van der Waals surface area contributed by atoms with Crippen LogP contribution in [0.3, 0.4) is 0 Å². The van der Waals surface area contributed by atoms with Gasteiger partial charge in [0.2, 0.25) is 0 Å². The second-order valence-corrected chi connectivity index (χ2v) is 4.37. The number of hydrogen-bond acceptors (Lipinski definition) is 2. The summed E-state index contributed by atoms with van der Waals surface area (Å²) in [5.41, 5.74) is 1.65. The Kier molecular flexibility index (Phi) is 2.94. The highest BCUT2D eigenvalue weighted by Crippen LogP contribution is 2.15. The van der Waals surface area contributed by atoms with E-state index in [2.05, 4.69) is 5.92 Å². The van der Waals surface area contributed by atoms with Crippen molar-refractivity contribution >= 4 is 10.1 Å². The van der Waals surface area contributed by atoms with Gasteiger partial charge in [0.25, 0.3) is 10.1 Å². The van der Waals surface area contributed by atoms with E-state index in [1.165, 1.54) is 12.1 Å². The van der Waals surface area contributed by atoms with Crippen LogP contribution in [-0.2, 0) is 16.5 Å². The normalized spacial score (nSPS) is 10.9. The summed E-state index contributed by atoms with van der Waals surface area (Å²) in [5.74, 6) is 2.43. The first kappa shape index (κ1) is 10.8. The number of aryl methyl sites for hydroxylation is 1. The van der Waals surface area contributed by atoms with Crippen molar-refractivity contribution in [1.82, 2.24) is 0 Å². The van der Waals surface area contributed by atoms with Gasteiger partial charge < -0.3 is 0 Å². The third kappa shape index (κ3) is 2.34. The van der Waals surface area contributed by atoms with Crippen molar-refractivity contribution in [2.75, 3.05) is 0 Å². The zero-order chi connectivity index (χ0) is 10.8. The van der Waals surface area contributed by atoms with Gasteiger partial charge >= 0.3 is 0 Å². The van der Waals surface area contributed by atoms with Gasteiger partial charge in [0, 0.05) is 6.42 Å². The summed E-state index contributed by atoms with van der Waals surface area (Å²) < 4.78 is 30.4. The summed E-state index contributed by atoms with van der Waals surface area (Å²) in [6.07, 6.45) is 5.48. The lowest BCUT2D eigenvalue weighted by atomic mass is 10.1. The van der Waals surface area contributed by atoms with Crippen molar-refractivity contribution in [2.24, 2.45) is 0 Å². The molecule has 1 aromatic rings. The Bertz CT molecular complexity index is 481. The van der Waals surface area contributed by atoms with E-state index in [-0.39, 0.29) is 4.90 Å². The van der Waals surface area contributed by atoms with E-state index in [0.717, 1.165) is 11.1 Å². The quantitative estimate of drug-likeness (QED) is 0.593. The maximum atomic E-state index is 10.8. The van der Waals surface area contributed by atoms with Gasteiger partial charge in [-0.3, -0.25) is 4.55 Å². The molecule has 0 radical (unpaired) electrons. The molecule has 0 aromatic heterocycles. The van der Waals surface area contributed by atoms with Crippen molar-refractivity contribution < 1.29 is 13.0 Å². The first-order valence-corrected chi connectivity index (χ1v) is 5.39. The van der Waals surface area contributed by atoms with E-state index in [9.17, 15) is 8.42 Å². The average Bonchev–Trinajstić information content (AvgIpc) is 2.07. The van der Waals surface area contributed by atoms with E-state index in [4.69, 9.17) is 11.0 Å². The molecule has 0 amide bonds. The molecule has 0 aliphatic heterocycles. The van der Waals surface area contributed by atoms with Gasteiger partial charge in [0.15, 0.2) is 0 Å². The molecule has 0 atom stereocenters. The second-order valence-electron chi connectivity index (χ2n) is 2.94. The highest BCUT2D eigenvalue weighted by atomic mass is 32.2. The van der Waals surface area contributed by atoms with E-state index in [0.29, 0.717) is 6.42 Å². The Hall–Kier alpha value is -1.31. The fourth-order valence-corrected chi connectivity index (χ4v) is 1.64. The molecule has 0 fully saturated rings. The van der Waals surface area contributed by atoms with Crippen LogP contribution in [0.15, 0.2) is 23.1 Å². The standard InChI is InChI=1S/C10H10O3S/c1-3-4-9-7-10(14(11,12)13)6-5-8(9)2/h1,5-7H,4H2,2H3,(H,11,12,13). The molecule has 4 heteroatoms. The van der Waals surface area contributed by atoms with Crippen LogP contribution in [0.25, 0.3) is 0 Å². The lowest BCUT2D eigenvalue weighted by Gasteiger charge is -2.03. The predicted octanol–water partition coefficient (Wildman–Crippen LogP) is 1.42. The molecular weight excluding hydrogens is 200 g/mol. The molecule has 3 nitrogen and oxygen atoms in total. The number of rotatable bonds is 2. The van der Waals surface area contributed by atoms with Crippen LogP contribution in [0.5, 0.6) is 0 Å². The minimum Gasteiger partial charge on any atom is -0.282 e. The molecule has 0 unspecified atom stereocenters. The molecule has 0 heterocycles. The van der Waals surface area contributed by atoms with Crippen LogP contribution in [-0.4, -0.2) is 13.0 Å². The summed E-state index contributed by atoms with van der Waals surface area (Å²) in [5, 5.41) is 0. The van der Waals surface area contributed by atoms with Crippen LogP contribution in [0.1, 0.15) is 11.1 Å². The SMILES string of the molecule is C#CCc1cc(S(=O)(=O)O)ccc1C. The van der Waals surface area contributed by atoms with Crippen LogP contribution in [0.4, 0.5) is 0 Å². The van der Waals surface area contributed by atoms with Crippen LogP contribution < -0.4 is 0 Å². The topological polar surface area (TPSA) is 54.4 Å². The summed E-state index contributed by atoms with van der Waals surface area (Å²) >= 11 is 0. The van der Waals surface area contributed by atoms with Crippen molar-refractivity contribution in [3.05, 3.63) is 29.3 Å². The molecule has 1 rings (SSSR count). The Balaban J connectivity index is 3.28. The third-order valence-electron chi connectivity index (χ3n) is 1.91. The van der Waals surface area contributed by atoms with Crippen molar-refractivity contribution in [3.8, 4) is 12.3 Å². The van der Waals surface area contributed by atoms with Gasteiger partial charge in [-0.15, -0.1) is 12.3 Å². The molecule has 0 bridgehead atoms. The van der Waals surface area contributed by atoms with Crippen LogP contribution in [0.2, 0.25) is 0 Å². The van der Waals surface area contributed by atoms with Crippen molar-refractivity contribution in [1.29, 1.82) is 0 Å². The fourth-order valence-electron chi connectivity index (χ4n) is 1.11. The van der Waals surface area contributed by atoms with E-state index >= 15 is 0 Å². The zero-order valence-electron chi connectivity index (χ0n) is 7.69. The highest BCUT2D eigenvalue weighted by Gasteiger charge is 2.10. The maximum Gasteiger partial charge on any atom is 0.294 e. The van der Waals surface area contributed by atoms with Crippen LogP contribution in [0, 0.1) is 19.3 Å². The summed E-state index contributed by atoms with van der Waals surface area (Å²) in [4.78, 5) is -0.117. The van der Waals surface area contributed by atoms with Gasteiger partial charge in [0.05, 0.1) is 4.90 Å². The molecule has 0 saturated carbocycles. The van der Waals surface area contributed by atoms with Crippen molar-refractivity contribution in [2.45, 2.75) is 18.2 Å². The smallest absolute Gasteiger partial charge is 0.282 e. The number of hydrogen-bond donors (Lipinski definition) is 1. The molecule has 0 spiro atoms. The van der Waals surface area contributed by atoms with Crippen LogP contribution >= 0.6 is 0 Å². The van der Waals surface area contributed by atoms with Crippen molar-refractivity contribution in [3.63, 3.8) is 0 Å². The van der Waals surface area contributed by atoms with Gasteiger partial charge in [0.1, 0.15) is 0 Å². The van der Waals surface area contributed by atoms with E-state index in [1.807, 2.05) is 6.92 Å². The van der Waals surface area contributed by atoms with Gasteiger partial charge in [-0.1, -0.05) is 6.07 Å². The summed E-state index contributed by atoms with van der Waals surface area (Å²) in [6, 6.07) is 4.37. The Labute approximate surface area is 83.5 Å². The van der Waals surface area contributed by atoms with E-state index < -0.39 is 10.1 Å². The molecule has 74 valence electrons. The Morgan fingerprint density at radius 1 is 1.50 bits per heavy atom. The molecular formula is C10H10O3S. The number of benzene rings is 1. The summed E-state index contributed by atoms with van der Waals surface area (Å²) in [7, 11) is -4.13. The largest absolute Gasteiger partial charge is 0.294 e. The molecule has 0 aliphatic rings. The molecule has 0 aliphatic carbocycles. The first-order chi connectivity index (χ1) is 6.45. The lowest BCUT2D eigenvalue weighted by molar-refractivity contribution is 0.483. The Morgan fingerprint density at radius 2 is 2.14 bits per heavy atom. The second kappa shape index (κ2) is 3.82. The van der Waals surface area contributed by atoms with Gasteiger partial charge in [-0.2, -0.15) is 8.42 Å². The monoisotopic (exact) mass is 210 g/mol. The minimum atomic E-state index is -4.13. The fraction of sp³-hybridized carbons (Fsp3) is 0.200. The minimum absolute atomic E-state index is 0.117. The first-order valence-electron chi connectivity index (χ1n) is 3.95. The molecule has 14 heavy (non-hydrogen) atoms. The average molecular weight is 210 g/mol. The molecule has 0 saturated heterocycles.